The zero-order chi connectivity index (χ0) is 19.2. The quantitative estimate of drug-likeness (QED) is 0.768. The lowest BCUT2D eigenvalue weighted by Gasteiger charge is -2.33. The van der Waals surface area contributed by atoms with Crippen LogP contribution in [-0.4, -0.2) is 61.0 Å². The summed E-state index contributed by atoms with van der Waals surface area (Å²) in [5.41, 5.74) is 0.603. The SMILES string of the molecule is CCOc1ccc(C(=O)N2CCC(C(=O)N3CCCC3)CC2)cc1OCC. The van der Waals surface area contributed by atoms with Crippen LogP contribution in [0, 0.1) is 5.92 Å². The Labute approximate surface area is 161 Å². The summed E-state index contributed by atoms with van der Waals surface area (Å²) in [5.74, 6) is 1.59. The lowest BCUT2D eigenvalue weighted by Crippen LogP contribution is -2.43. The monoisotopic (exact) mass is 374 g/mol. The maximum absolute atomic E-state index is 12.9. The molecule has 3 rings (SSSR count). The van der Waals surface area contributed by atoms with E-state index in [0.717, 1.165) is 38.8 Å². The number of hydrogen-bond donors (Lipinski definition) is 0. The van der Waals surface area contributed by atoms with Crippen molar-refractivity contribution in [3.8, 4) is 11.5 Å². The first-order chi connectivity index (χ1) is 13.1. The molecule has 1 aromatic carbocycles. The van der Waals surface area contributed by atoms with Crippen molar-refractivity contribution in [2.45, 2.75) is 39.5 Å². The van der Waals surface area contributed by atoms with E-state index in [-0.39, 0.29) is 17.7 Å². The Morgan fingerprint density at radius 1 is 0.926 bits per heavy atom. The number of piperidine rings is 1. The van der Waals surface area contributed by atoms with E-state index in [2.05, 4.69) is 0 Å². The van der Waals surface area contributed by atoms with Gasteiger partial charge in [0.25, 0.3) is 5.91 Å². The van der Waals surface area contributed by atoms with E-state index < -0.39 is 0 Å². The number of amides is 2. The van der Waals surface area contributed by atoms with Crippen molar-refractivity contribution >= 4 is 11.8 Å². The molecule has 0 radical (unpaired) electrons. The third kappa shape index (κ3) is 4.54. The molecular weight excluding hydrogens is 344 g/mol. The van der Waals surface area contributed by atoms with Gasteiger partial charge in [-0.2, -0.15) is 0 Å². The third-order valence-corrected chi connectivity index (χ3v) is 5.34. The predicted octanol–water partition coefficient (Wildman–Crippen LogP) is 2.96. The van der Waals surface area contributed by atoms with Crippen LogP contribution >= 0.6 is 0 Å². The highest BCUT2D eigenvalue weighted by Crippen LogP contribution is 2.30. The zero-order valence-electron chi connectivity index (χ0n) is 16.4. The summed E-state index contributed by atoms with van der Waals surface area (Å²) in [6.07, 6.45) is 3.72. The van der Waals surface area contributed by atoms with Crippen molar-refractivity contribution in [2.75, 3.05) is 39.4 Å². The lowest BCUT2D eigenvalue weighted by molar-refractivity contribution is -0.135. The van der Waals surface area contributed by atoms with Crippen LogP contribution in [0.25, 0.3) is 0 Å². The average Bonchev–Trinajstić information content (AvgIpc) is 3.23. The molecule has 148 valence electrons. The molecule has 2 aliphatic rings. The van der Waals surface area contributed by atoms with Crippen LogP contribution in [0.15, 0.2) is 18.2 Å². The Balaban J connectivity index is 1.61. The molecule has 0 atom stereocenters. The second kappa shape index (κ2) is 9.11. The Morgan fingerprint density at radius 3 is 2.19 bits per heavy atom. The summed E-state index contributed by atoms with van der Waals surface area (Å²) in [5, 5.41) is 0. The first-order valence-corrected chi connectivity index (χ1v) is 10.1. The van der Waals surface area contributed by atoms with Crippen molar-refractivity contribution < 1.29 is 19.1 Å². The van der Waals surface area contributed by atoms with Gasteiger partial charge in [0.2, 0.25) is 5.91 Å². The van der Waals surface area contributed by atoms with Crippen molar-refractivity contribution in [3.05, 3.63) is 23.8 Å². The first kappa shape index (κ1) is 19.5. The standard InChI is InChI=1S/C21H30N2O4/c1-3-26-18-8-7-17(15-19(18)27-4-2)21(25)23-13-9-16(10-14-23)20(24)22-11-5-6-12-22/h7-8,15-16H,3-6,9-14H2,1-2H3. The Bertz CT molecular complexity index is 662. The fraction of sp³-hybridized carbons (Fsp3) is 0.619. The molecule has 0 bridgehead atoms. The Morgan fingerprint density at radius 2 is 1.56 bits per heavy atom. The summed E-state index contributed by atoms with van der Waals surface area (Å²) in [6.45, 7) is 7.93. The van der Waals surface area contributed by atoms with Crippen LogP contribution in [0.3, 0.4) is 0 Å². The molecular formula is C21H30N2O4. The molecule has 2 heterocycles. The van der Waals surface area contributed by atoms with Crippen LogP contribution in [0.4, 0.5) is 0 Å². The van der Waals surface area contributed by atoms with Gasteiger partial charge in [-0.05, 0) is 57.7 Å². The number of carbonyl (C=O) groups is 2. The van der Waals surface area contributed by atoms with Crippen LogP contribution in [0.2, 0.25) is 0 Å². The maximum Gasteiger partial charge on any atom is 0.253 e. The highest BCUT2D eigenvalue weighted by atomic mass is 16.5. The summed E-state index contributed by atoms with van der Waals surface area (Å²) in [6, 6.07) is 5.35. The van der Waals surface area contributed by atoms with Crippen LogP contribution in [0.1, 0.15) is 49.9 Å². The van der Waals surface area contributed by atoms with Gasteiger partial charge < -0.3 is 19.3 Å². The zero-order valence-corrected chi connectivity index (χ0v) is 16.4. The van der Waals surface area contributed by atoms with E-state index >= 15 is 0 Å². The number of nitrogens with zero attached hydrogens (tertiary/aromatic N) is 2. The molecule has 6 heteroatoms. The van der Waals surface area contributed by atoms with Gasteiger partial charge in [0.15, 0.2) is 11.5 Å². The summed E-state index contributed by atoms with van der Waals surface area (Å²) in [7, 11) is 0. The van der Waals surface area contributed by atoms with Gasteiger partial charge in [0.05, 0.1) is 13.2 Å². The summed E-state index contributed by atoms with van der Waals surface area (Å²) >= 11 is 0. The minimum atomic E-state index is -0.00827. The highest BCUT2D eigenvalue weighted by molar-refractivity contribution is 5.95. The highest BCUT2D eigenvalue weighted by Gasteiger charge is 2.31. The second-order valence-corrected chi connectivity index (χ2v) is 7.13. The van der Waals surface area contributed by atoms with Gasteiger partial charge in [-0.1, -0.05) is 0 Å². The first-order valence-electron chi connectivity index (χ1n) is 10.1. The topological polar surface area (TPSA) is 59.1 Å². The number of ether oxygens (including phenoxy) is 2. The molecule has 6 nitrogen and oxygen atoms in total. The van der Waals surface area contributed by atoms with E-state index in [4.69, 9.17) is 9.47 Å². The Hall–Kier alpha value is -2.24. The second-order valence-electron chi connectivity index (χ2n) is 7.13. The third-order valence-electron chi connectivity index (χ3n) is 5.34. The fourth-order valence-electron chi connectivity index (χ4n) is 3.89. The van der Waals surface area contributed by atoms with Crippen molar-refractivity contribution in [3.63, 3.8) is 0 Å². The number of benzene rings is 1. The van der Waals surface area contributed by atoms with E-state index in [9.17, 15) is 9.59 Å². The fourth-order valence-corrected chi connectivity index (χ4v) is 3.89. The maximum atomic E-state index is 12.9. The van der Waals surface area contributed by atoms with E-state index in [1.54, 1.807) is 18.2 Å². The molecule has 2 saturated heterocycles. The molecule has 0 saturated carbocycles. The van der Waals surface area contributed by atoms with Gasteiger partial charge in [0.1, 0.15) is 0 Å². The minimum Gasteiger partial charge on any atom is -0.490 e. The molecule has 0 unspecified atom stereocenters. The van der Waals surface area contributed by atoms with Gasteiger partial charge in [-0.3, -0.25) is 9.59 Å². The van der Waals surface area contributed by atoms with Gasteiger partial charge in [-0.25, -0.2) is 0 Å². The van der Waals surface area contributed by atoms with E-state index in [1.165, 1.54) is 0 Å². The van der Waals surface area contributed by atoms with Crippen LogP contribution < -0.4 is 9.47 Å². The minimum absolute atomic E-state index is 0.00827. The molecule has 0 N–H and O–H groups in total. The number of carbonyl (C=O) groups excluding carboxylic acids is 2. The van der Waals surface area contributed by atoms with Gasteiger partial charge in [-0.15, -0.1) is 0 Å². The van der Waals surface area contributed by atoms with Crippen LogP contribution in [0.5, 0.6) is 11.5 Å². The van der Waals surface area contributed by atoms with Gasteiger partial charge >= 0.3 is 0 Å². The molecule has 2 fully saturated rings. The Kier molecular flexibility index (Phi) is 6.58. The predicted molar refractivity (Wildman–Crippen MR) is 103 cm³/mol. The largest absolute Gasteiger partial charge is 0.490 e. The van der Waals surface area contributed by atoms with E-state index in [0.29, 0.717) is 43.4 Å². The molecule has 2 amide bonds. The average molecular weight is 374 g/mol. The number of likely N-dealkylation sites (tertiary alicyclic amines) is 2. The van der Waals surface area contributed by atoms with Crippen molar-refractivity contribution in [1.29, 1.82) is 0 Å². The molecule has 0 aromatic heterocycles. The van der Waals surface area contributed by atoms with Crippen LogP contribution in [-0.2, 0) is 4.79 Å². The molecule has 27 heavy (non-hydrogen) atoms. The van der Waals surface area contributed by atoms with Crippen molar-refractivity contribution in [1.82, 2.24) is 9.80 Å². The van der Waals surface area contributed by atoms with E-state index in [1.807, 2.05) is 23.6 Å². The molecule has 0 spiro atoms. The molecule has 0 aliphatic carbocycles. The molecule has 1 aromatic rings. The van der Waals surface area contributed by atoms with Gasteiger partial charge in [0, 0.05) is 37.7 Å². The normalized spacial score (nSPS) is 17.9. The smallest absolute Gasteiger partial charge is 0.253 e. The number of rotatable bonds is 6. The number of hydrogen-bond acceptors (Lipinski definition) is 4. The summed E-state index contributed by atoms with van der Waals surface area (Å²) < 4.78 is 11.2. The van der Waals surface area contributed by atoms with Crippen molar-refractivity contribution in [2.24, 2.45) is 5.92 Å². The summed E-state index contributed by atoms with van der Waals surface area (Å²) in [4.78, 5) is 29.3. The molecule has 2 aliphatic heterocycles. The lowest BCUT2D eigenvalue weighted by atomic mass is 9.95.